The van der Waals surface area contributed by atoms with Gasteiger partial charge in [-0.05, 0) is 24.1 Å². The van der Waals surface area contributed by atoms with Crippen molar-refractivity contribution in [3.8, 4) is 0 Å². The van der Waals surface area contributed by atoms with Crippen LogP contribution >= 0.6 is 11.6 Å². The Kier molecular flexibility index (Phi) is 4.73. The molecule has 0 spiro atoms. The highest BCUT2D eigenvalue weighted by atomic mass is 35.5. The maximum Gasteiger partial charge on any atom is 0.150 e. The number of halogens is 1. The molecule has 1 aromatic carbocycles. The third kappa shape index (κ3) is 3.34. The maximum absolute atomic E-state index is 11.5. The molecule has 2 rings (SSSR count). The summed E-state index contributed by atoms with van der Waals surface area (Å²) in [5.41, 5.74) is 7.80. The van der Waals surface area contributed by atoms with Gasteiger partial charge in [-0.2, -0.15) is 0 Å². The fourth-order valence-corrected chi connectivity index (χ4v) is 3.31. The second-order valence-corrected chi connectivity index (χ2v) is 7.71. The maximum atomic E-state index is 11.5. The number of aryl methyl sites for hydroxylation is 1. The van der Waals surface area contributed by atoms with Gasteiger partial charge < -0.3 is 10.3 Å². The fraction of sp³-hybridized carbons (Fsp3) is 0.429. The molecule has 6 heteroatoms. The number of nitrogens with two attached hydrogens (primary N) is 1. The molecule has 0 aliphatic rings. The summed E-state index contributed by atoms with van der Waals surface area (Å²) in [6.07, 6.45) is 2.58. The summed E-state index contributed by atoms with van der Waals surface area (Å²) in [6, 6.07) is 5.69. The lowest BCUT2D eigenvalue weighted by Crippen LogP contribution is -2.11. The van der Waals surface area contributed by atoms with Gasteiger partial charge in [0.2, 0.25) is 0 Å². The Labute approximate surface area is 124 Å². The van der Waals surface area contributed by atoms with Crippen molar-refractivity contribution in [2.45, 2.75) is 26.4 Å². The molecule has 0 atom stereocenters. The van der Waals surface area contributed by atoms with Crippen molar-refractivity contribution >= 4 is 32.3 Å². The number of benzene rings is 1. The summed E-state index contributed by atoms with van der Waals surface area (Å²) >= 11 is 6.03. The monoisotopic (exact) mass is 314 g/mol. The van der Waals surface area contributed by atoms with Gasteiger partial charge in [-0.1, -0.05) is 24.6 Å². The molecule has 2 aromatic rings. The van der Waals surface area contributed by atoms with Gasteiger partial charge in [-0.15, -0.1) is 0 Å². The molecule has 0 fully saturated rings. The predicted octanol–water partition coefficient (Wildman–Crippen LogP) is 2.58. The predicted molar refractivity (Wildman–Crippen MR) is 83.8 cm³/mol. The van der Waals surface area contributed by atoms with Crippen LogP contribution in [0.15, 0.2) is 24.4 Å². The summed E-state index contributed by atoms with van der Waals surface area (Å²) in [4.78, 5) is 0. The first-order valence-corrected chi connectivity index (χ1v) is 8.84. The van der Waals surface area contributed by atoms with Gasteiger partial charge >= 0.3 is 0 Å². The molecule has 0 aliphatic carbocycles. The quantitative estimate of drug-likeness (QED) is 0.891. The summed E-state index contributed by atoms with van der Waals surface area (Å²) in [5, 5.41) is 1.75. The Morgan fingerprint density at radius 1 is 1.35 bits per heavy atom. The zero-order valence-electron chi connectivity index (χ0n) is 11.5. The van der Waals surface area contributed by atoms with Crippen LogP contribution in [0, 0.1) is 0 Å². The Balaban J connectivity index is 2.24. The molecule has 1 aromatic heterocycles. The molecule has 1 heterocycles. The molecule has 0 saturated carbocycles. The van der Waals surface area contributed by atoms with Gasteiger partial charge in [-0.3, -0.25) is 0 Å². The van der Waals surface area contributed by atoms with Crippen molar-refractivity contribution in [3.05, 3.63) is 35.0 Å². The van der Waals surface area contributed by atoms with Crippen molar-refractivity contribution in [1.29, 1.82) is 0 Å². The van der Waals surface area contributed by atoms with Crippen LogP contribution in [0.25, 0.3) is 10.9 Å². The van der Waals surface area contributed by atoms with Crippen LogP contribution in [0.5, 0.6) is 0 Å². The van der Waals surface area contributed by atoms with Crippen LogP contribution in [0.2, 0.25) is 5.02 Å². The highest BCUT2D eigenvalue weighted by molar-refractivity contribution is 7.91. The van der Waals surface area contributed by atoms with Crippen LogP contribution in [0.3, 0.4) is 0 Å². The SMILES string of the molecule is CCS(=O)(=O)CCCn1cc(CN)c2ccc(Cl)cc21. The summed E-state index contributed by atoms with van der Waals surface area (Å²) in [7, 11) is -2.91. The molecule has 0 bridgehead atoms. The lowest BCUT2D eigenvalue weighted by Gasteiger charge is -2.05. The molecule has 0 aliphatic heterocycles. The van der Waals surface area contributed by atoms with Crippen LogP contribution in [-0.2, 0) is 22.9 Å². The van der Waals surface area contributed by atoms with Crippen molar-refractivity contribution in [1.82, 2.24) is 4.57 Å². The van der Waals surface area contributed by atoms with Gasteiger partial charge in [0.15, 0.2) is 0 Å². The smallest absolute Gasteiger partial charge is 0.150 e. The topological polar surface area (TPSA) is 65.1 Å². The average molecular weight is 315 g/mol. The number of fused-ring (bicyclic) bond motifs is 1. The molecular formula is C14H19ClN2O2S. The van der Waals surface area contributed by atoms with Crippen molar-refractivity contribution in [3.63, 3.8) is 0 Å². The fourth-order valence-electron chi connectivity index (χ4n) is 2.29. The highest BCUT2D eigenvalue weighted by Crippen LogP contribution is 2.25. The minimum atomic E-state index is -2.91. The van der Waals surface area contributed by atoms with Crippen molar-refractivity contribution in [2.75, 3.05) is 11.5 Å². The number of nitrogens with zero attached hydrogens (tertiary/aromatic N) is 1. The van der Waals surface area contributed by atoms with Crippen LogP contribution in [-0.4, -0.2) is 24.5 Å². The Morgan fingerprint density at radius 3 is 2.75 bits per heavy atom. The standard InChI is InChI=1S/C14H19ClN2O2S/c1-2-20(18,19)7-3-6-17-10-11(9-16)13-5-4-12(15)8-14(13)17/h4-5,8,10H,2-3,6-7,9,16H2,1H3. The Bertz CT molecular complexity index is 707. The Morgan fingerprint density at radius 2 is 2.10 bits per heavy atom. The average Bonchev–Trinajstić information content (AvgIpc) is 2.76. The van der Waals surface area contributed by atoms with E-state index < -0.39 is 9.84 Å². The lowest BCUT2D eigenvalue weighted by atomic mass is 10.2. The third-order valence-electron chi connectivity index (χ3n) is 3.44. The molecule has 0 radical (unpaired) electrons. The number of rotatable bonds is 6. The minimum absolute atomic E-state index is 0.194. The van der Waals surface area contributed by atoms with Gasteiger partial charge in [0, 0.05) is 41.0 Å². The minimum Gasteiger partial charge on any atom is -0.347 e. The van der Waals surface area contributed by atoms with E-state index >= 15 is 0 Å². The molecule has 20 heavy (non-hydrogen) atoms. The van der Waals surface area contributed by atoms with Gasteiger partial charge in [0.05, 0.1) is 5.75 Å². The molecule has 0 amide bonds. The van der Waals surface area contributed by atoms with Crippen molar-refractivity contribution in [2.24, 2.45) is 5.73 Å². The van der Waals surface area contributed by atoms with E-state index in [1.165, 1.54) is 0 Å². The largest absolute Gasteiger partial charge is 0.347 e. The van der Waals surface area contributed by atoms with E-state index in [1.54, 1.807) is 6.92 Å². The van der Waals surface area contributed by atoms with E-state index in [9.17, 15) is 8.42 Å². The molecule has 0 unspecified atom stereocenters. The van der Waals surface area contributed by atoms with Crippen LogP contribution in [0.1, 0.15) is 18.9 Å². The number of hydrogen-bond donors (Lipinski definition) is 1. The number of sulfone groups is 1. The second kappa shape index (κ2) is 6.16. The van der Waals surface area contributed by atoms with Crippen LogP contribution < -0.4 is 5.73 Å². The molecular weight excluding hydrogens is 296 g/mol. The van der Waals surface area contributed by atoms with E-state index in [4.69, 9.17) is 17.3 Å². The molecule has 2 N–H and O–H groups in total. The number of aromatic nitrogens is 1. The summed E-state index contributed by atoms with van der Waals surface area (Å²) in [6.45, 7) is 2.78. The van der Waals surface area contributed by atoms with E-state index in [2.05, 4.69) is 0 Å². The van der Waals surface area contributed by atoms with Crippen LogP contribution in [0.4, 0.5) is 0 Å². The number of hydrogen-bond acceptors (Lipinski definition) is 3. The first kappa shape index (κ1) is 15.4. The first-order valence-electron chi connectivity index (χ1n) is 6.64. The summed E-state index contributed by atoms with van der Waals surface area (Å²) in [5.74, 6) is 0.404. The second-order valence-electron chi connectivity index (χ2n) is 4.80. The molecule has 0 saturated heterocycles. The van der Waals surface area contributed by atoms with E-state index in [0.717, 1.165) is 16.5 Å². The molecule has 4 nitrogen and oxygen atoms in total. The van der Waals surface area contributed by atoms with Gasteiger partial charge in [-0.25, -0.2) is 8.42 Å². The summed E-state index contributed by atoms with van der Waals surface area (Å²) < 4.78 is 25.1. The van der Waals surface area contributed by atoms with Gasteiger partial charge in [0.1, 0.15) is 9.84 Å². The van der Waals surface area contributed by atoms with E-state index in [-0.39, 0.29) is 11.5 Å². The normalized spacial score (nSPS) is 12.2. The first-order chi connectivity index (χ1) is 9.46. The van der Waals surface area contributed by atoms with Crippen molar-refractivity contribution < 1.29 is 8.42 Å². The van der Waals surface area contributed by atoms with E-state index in [1.807, 2.05) is 29.0 Å². The lowest BCUT2D eigenvalue weighted by molar-refractivity contribution is 0.589. The molecule has 110 valence electrons. The van der Waals surface area contributed by atoms with Gasteiger partial charge in [0.25, 0.3) is 0 Å². The zero-order valence-corrected chi connectivity index (χ0v) is 13.0. The third-order valence-corrected chi connectivity index (χ3v) is 5.47. The highest BCUT2D eigenvalue weighted by Gasteiger charge is 2.10. The zero-order chi connectivity index (χ0) is 14.8. The van der Waals surface area contributed by atoms with E-state index in [0.29, 0.717) is 24.5 Å². The Hall–Kier alpha value is -1.04.